The predicted octanol–water partition coefficient (Wildman–Crippen LogP) is 4.27. The van der Waals surface area contributed by atoms with Gasteiger partial charge in [-0.2, -0.15) is 0 Å². The molecule has 0 spiro atoms. The third-order valence-corrected chi connectivity index (χ3v) is 7.09. The Morgan fingerprint density at radius 2 is 1.71 bits per heavy atom. The minimum absolute atomic E-state index is 0. The molecule has 5 rings (SSSR count). The van der Waals surface area contributed by atoms with Gasteiger partial charge in [0.1, 0.15) is 11.6 Å². The number of likely N-dealkylation sites (tertiary alicyclic amines) is 2. The number of pyridine rings is 1. The first kappa shape index (κ1) is 24.1. The highest BCUT2D eigenvalue weighted by Gasteiger charge is 2.46. The Kier molecular flexibility index (Phi) is 8.08. The normalized spacial score (nSPS) is 25.7. The molecule has 0 unspecified atom stereocenters. The largest absolute Gasteiger partial charge is 0.497 e. The molecule has 0 bridgehead atoms. The summed E-state index contributed by atoms with van der Waals surface area (Å²) in [6.07, 6.45) is 4.77. The highest BCUT2D eigenvalue weighted by molar-refractivity contribution is 5.85. The van der Waals surface area contributed by atoms with Crippen LogP contribution in [-0.2, 0) is 6.54 Å². The standard InChI is InChI=1S/C24H32N4O.2ClH/c1-26-15-20-16-28(17-22(20)24(26)19-6-8-21(29-2)9-7-19)23-10-5-18(13-25-23)14-27-11-3-4-12-27;;/h5-10,13,20,22,24H,3-4,11-12,14-17H2,1-2H3;2*1H/t20-,22+,24+;;/m0../s1. The van der Waals surface area contributed by atoms with E-state index >= 15 is 0 Å². The van der Waals surface area contributed by atoms with Crippen molar-refractivity contribution in [3.05, 3.63) is 53.7 Å². The van der Waals surface area contributed by atoms with E-state index in [1.807, 2.05) is 0 Å². The van der Waals surface area contributed by atoms with Gasteiger partial charge in [0.25, 0.3) is 0 Å². The molecule has 3 aliphatic heterocycles. The fraction of sp³-hybridized carbons (Fsp3) is 0.542. The minimum atomic E-state index is 0. The first-order valence-electron chi connectivity index (χ1n) is 11.0. The number of rotatable bonds is 5. The van der Waals surface area contributed by atoms with Crippen LogP contribution in [0.4, 0.5) is 5.82 Å². The van der Waals surface area contributed by atoms with Gasteiger partial charge in [-0.3, -0.25) is 9.80 Å². The van der Waals surface area contributed by atoms with Crippen LogP contribution in [0, 0.1) is 11.8 Å². The molecule has 3 saturated heterocycles. The van der Waals surface area contributed by atoms with E-state index in [1.165, 1.54) is 37.1 Å². The summed E-state index contributed by atoms with van der Waals surface area (Å²) in [5, 5.41) is 0. The maximum atomic E-state index is 5.34. The summed E-state index contributed by atoms with van der Waals surface area (Å²) in [5.41, 5.74) is 2.74. The van der Waals surface area contributed by atoms with Gasteiger partial charge in [0.2, 0.25) is 0 Å². The summed E-state index contributed by atoms with van der Waals surface area (Å²) in [4.78, 5) is 12.4. The molecular formula is C24H34Cl2N4O. The molecule has 4 heterocycles. The van der Waals surface area contributed by atoms with Crippen LogP contribution in [-0.4, -0.2) is 61.7 Å². The molecule has 1 aromatic carbocycles. The average Bonchev–Trinajstić information content (AvgIpc) is 3.45. The first-order chi connectivity index (χ1) is 14.2. The van der Waals surface area contributed by atoms with Gasteiger partial charge >= 0.3 is 0 Å². The van der Waals surface area contributed by atoms with Gasteiger partial charge < -0.3 is 9.64 Å². The molecule has 0 N–H and O–H groups in total. The van der Waals surface area contributed by atoms with Crippen LogP contribution in [0.5, 0.6) is 5.75 Å². The second kappa shape index (κ2) is 10.4. The van der Waals surface area contributed by atoms with Gasteiger partial charge in [-0.1, -0.05) is 18.2 Å². The van der Waals surface area contributed by atoms with Crippen molar-refractivity contribution in [2.75, 3.05) is 51.8 Å². The van der Waals surface area contributed by atoms with E-state index in [0.717, 1.165) is 37.7 Å². The summed E-state index contributed by atoms with van der Waals surface area (Å²) in [5.74, 6) is 3.43. The van der Waals surface area contributed by atoms with E-state index in [9.17, 15) is 0 Å². The quantitative estimate of drug-likeness (QED) is 0.659. The van der Waals surface area contributed by atoms with Crippen molar-refractivity contribution >= 4 is 30.6 Å². The molecule has 1 aromatic heterocycles. The minimum Gasteiger partial charge on any atom is -0.497 e. The van der Waals surface area contributed by atoms with Crippen LogP contribution in [0.25, 0.3) is 0 Å². The Balaban J connectivity index is 0.00000136. The highest BCUT2D eigenvalue weighted by Crippen LogP contribution is 2.45. The van der Waals surface area contributed by atoms with Gasteiger partial charge in [-0.25, -0.2) is 4.98 Å². The summed E-state index contributed by atoms with van der Waals surface area (Å²) >= 11 is 0. The van der Waals surface area contributed by atoms with Gasteiger partial charge in [0, 0.05) is 44.3 Å². The van der Waals surface area contributed by atoms with Crippen molar-refractivity contribution in [1.29, 1.82) is 0 Å². The summed E-state index contributed by atoms with van der Waals surface area (Å²) < 4.78 is 5.34. The maximum absolute atomic E-state index is 5.34. The lowest BCUT2D eigenvalue weighted by atomic mass is 9.89. The molecule has 2 aromatic rings. The SMILES string of the molecule is COc1ccc([C@@H]2[C@@H]3CN(c4ccc(CN5CCCC5)cn4)C[C@@H]3CN2C)cc1.Cl.Cl. The second-order valence-corrected chi connectivity index (χ2v) is 8.99. The van der Waals surface area contributed by atoms with Crippen molar-refractivity contribution in [3.63, 3.8) is 0 Å². The number of anilines is 1. The molecule has 0 saturated carbocycles. The summed E-state index contributed by atoms with van der Waals surface area (Å²) in [6, 6.07) is 13.6. The molecule has 0 aliphatic carbocycles. The van der Waals surface area contributed by atoms with Crippen LogP contribution in [0.1, 0.15) is 30.0 Å². The van der Waals surface area contributed by atoms with Gasteiger partial charge in [0.15, 0.2) is 0 Å². The fourth-order valence-electron chi connectivity index (χ4n) is 5.64. The smallest absolute Gasteiger partial charge is 0.128 e. The summed E-state index contributed by atoms with van der Waals surface area (Å²) in [7, 11) is 3.99. The number of benzene rings is 1. The molecule has 7 heteroatoms. The molecule has 170 valence electrons. The van der Waals surface area contributed by atoms with Crippen molar-refractivity contribution < 1.29 is 4.74 Å². The molecule has 3 atom stereocenters. The Morgan fingerprint density at radius 1 is 0.968 bits per heavy atom. The predicted molar refractivity (Wildman–Crippen MR) is 131 cm³/mol. The van der Waals surface area contributed by atoms with Gasteiger partial charge in [-0.15, -0.1) is 24.8 Å². The van der Waals surface area contributed by atoms with Crippen molar-refractivity contribution in [2.24, 2.45) is 11.8 Å². The van der Waals surface area contributed by atoms with Gasteiger partial charge in [0.05, 0.1) is 7.11 Å². The van der Waals surface area contributed by atoms with Crippen LogP contribution in [0.3, 0.4) is 0 Å². The zero-order valence-electron chi connectivity index (χ0n) is 18.4. The van der Waals surface area contributed by atoms with E-state index in [4.69, 9.17) is 9.72 Å². The molecule has 0 amide bonds. The number of methoxy groups -OCH3 is 1. The summed E-state index contributed by atoms with van der Waals surface area (Å²) in [6.45, 7) is 6.87. The van der Waals surface area contributed by atoms with Crippen LogP contribution in [0.15, 0.2) is 42.6 Å². The molecule has 31 heavy (non-hydrogen) atoms. The second-order valence-electron chi connectivity index (χ2n) is 8.99. The molecule has 3 fully saturated rings. The zero-order chi connectivity index (χ0) is 19.8. The zero-order valence-corrected chi connectivity index (χ0v) is 20.1. The number of nitrogens with zero attached hydrogens (tertiary/aromatic N) is 4. The van der Waals surface area contributed by atoms with Crippen molar-refractivity contribution in [3.8, 4) is 5.75 Å². The van der Waals surface area contributed by atoms with Crippen molar-refractivity contribution in [2.45, 2.75) is 25.4 Å². The molecule has 0 radical (unpaired) electrons. The number of ether oxygens (including phenoxy) is 1. The average molecular weight is 465 g/mol. The number of hydrogen-bond acceptors (Lipinski definition) is 5. The monoisotopic (exact) mass is 464 g/mol. The number of fused-ring (bicyclic) bond motifs is 1. The Labute approximate surface area is 198 Å². The Morgan fingerprint density at radius 3 is 2.35 bits per heavy atom. The van der Waals surface area contributed by atoms with Gasteiger partial charge in [-0.05, 0) is 68.2 Å². The fourth-order valence-corrected chi connectivity index (χ4v) is 5.64. The lowest BCUT2D eigenvalue weighted by Crippen LogP contribution is -2.29. The van der Waals surface area contributed by atoms with E-state index in [0.29, 0.717) is 17.9 Å². The molecule has 3 aliphatic rings. The first-order valence-corrected chi connectivity index (χ1v) is 11.0. The maximum Gasteiger partial charge on any atom is 0.128 e. The van der Waals surface area contributed by atoms with Crippen molar-refractivity contribution in [1.82, 2.24) is 14.8 Å². The van der Waals surface area contributed by atoms with Crippen LogP contribution < -0.4 is 9.64 Å². The van der Waals surface area contributed by atoms with E-state index < -0.39 is 0 Å². The lowest BCUT2D eigenvalue weighted by molar-refractivity contribution is 0.279. The van der Waals surface area contributed by atoms with E-state index in [2.05, 4.69) is 64.3 Å². The number of aromatic nitrogens is 1. The molecule has 5 nitrogen and oxygen atoms in total. The number of hydrogen-bond donors (Lipinski definition) is 0. The third kappa shape index (κ3) is 4.95. The molecular weight excluding hydrogens is 431 g/mol. The van der Waals surface area contributed by atoms with E-state index in [1.54, 1.807) is 7.11 Å². The number of halogens is 2. The topological polar surface area (TPSA) is 31.8 Å². The Hall–Kier alpha value is -1.53. The Bertz CT molecular complexity index is 826. The van der Waals surface area contributed by atoms with E-state index in [-0.39, 0.29) is 24.8 Å². The highest BCUT2D eigenvalue weighted by atomic mass is 35.5. The lowest BCUT2D eigenvalue weighted by Gasteiger charge is -2.27. The van der Waals surface area contributed by atoms with Crippen LogP contribution >= 0.6 is 24.8 Å². The van der Waals surface area contributed by atoms with Crippen LogP contribution in [0.2, 0.25) is 0 Å². The third-order valence-electron chi connectivity index (χ3n) is 7.09.